The molecule has 4 nitrogen and oxygen atoms in total. The number of pyridine rings is 2. The van der Waals surface area contributed by atoms with Gasteiger partial charge in [0, 0.05) is 47.5 Å². The van der Waals surface area contributed by atoms with E-state index in [0.29, 0.717) is 17.7 Å². The summed E-state index contributed by atoms with van der Waals surface area (Å²) in [5.74, 6) is -0.397. The molecule has 1 amide bonds. The standard InChI is InChI=1S/C26H24FN3O/c1-2-3-6-23(26(31)29-21-12-14-28-15-13-21)24-18-22(30-16-5-4-7-25(24)30)17-19-8-10-20(27)11-9-19/h4-16,18H,2-3,17H2,1H3,(H,28,29,31)/b23-6-. The molecule has 0 aliphatic rings. The van der Waals surface area contributed by atoms with E-state index in [1.807, 2.05) is 30.5 Å². The van der Waals surface area contributed by atoms with Crippen molar-refractivity contribution in [2.75, 3.05) is 5.32 Å². The quantitative estimate of drug-likeness (QED) is 0.384. The minimum atomic E-state index is -0.248. The molecule has 0 unspecified atom stereocenters. The summed E-state index contributed by atoms with van der Waals surface area (Å²) >= 11 is 0. The predicted molar refractivity (Wildman–Crippen MR) is 122 cm³/mol. The van der Waals surface area contributed by atoms with E-state index in [1.54, 1.807) is 36.7 Å². The molecule has 4 aromatic rings. The molecule has 0 saturated heterocycles. The van der Waals surface area contributed by atoms with Crippen LogP contribution in [-0.4, -0.2) is 15.3 Å². The second-order valence-corrected chi connectivity index (χ2v) is 7.40. The predicted octanol–water partition coefficient (Wildman–Crippen LogP) is 5.89. The molecular weight excluding hydrogens is 389 g/mol. The van der Waals surface area contributed by atoms with E-state index in [-0.39, 0.29) is 11.7 Å². The molecule has 0 radical (unpaired) electrons. The molecule has 0 bridgehead atoms. The van der Waals surface area contributed by atoms with Crippen molar-refractivity contribution in [3.05, 3.63) is 108 Å². The highest BCUT2D eigenvalue weighted by Crippen LogP contribution is 2.28. The number of nitrogens with one attached hydrogen (secondary N) is 1. The molecule has 0 fully saturated rings. The second-order valence-electron chi connectivity index (χ2n) is 7.40. The third kappa shape index (κ3) is 4.72. The van der Waals surface area contributed by atoms with Crippen molar-refractivity contribution >= 4 is 22.7 Å². The zero-order valence-electron chi connectivity index (χ0n) is 17.4. The first-order valence-electron chi connectivity index (χ1n) is 10.4. The highest BCUT2D eigenvalue weighted by Gasteiger charge is 2.18. The number of anilines is 1. The molecule has 0 aliphatic heterocycles. The number of rotatable bonds is 7. The molecule has 3 aromatic heterocycles. The van der Waals surface area contributed by atoms with Gasteiger partial charge in [-0.05, 0) is 54.4 Å². The smallest absolute Gasteiger partial charge is 0.256 e. The first-order chi connectivity index (χ1) is 15.2. The summed E-state index contributed by atoms with van der Waals surface area (Å²) in [6.07, 6.45) is 9.69. The molecule has 0 saturated carbocycles. The number of carbonyl (C=O) groups is 1. The van der Waals surface area contributed by atoms with E-state index in [4.69, 9.17) is 0 Å². The van der Waals surface area contributed by atoms with Crippen LogP contribution in [0, 0.1) is 5.82 Å². The van der Waals surface area contributed by atoms with Crippen LogP contribution in [0.3, 0.4) is 0 Å². The fourth-order valence-corrected chi connectivity index (χ4v) is 3.63. The first-order valence-corrected chi connectivity index (χ1v) is 10.4. The average Bonchev–Trinajstić information content (AvgIpc) is 3.14. The molecule has 0 atom stereocenters. The highest BCUT2D eigenvalue weighted by atomic mass is 19.1. The number of hydrogen-bond donors (Lipinski definition) is 1. The number of unbranched alkanes of at least 4 members (excludes halogenated alkanes) is 1. The van der Waals surface area contributed by atoms with Gasteiger partial charge in [-0.3, -0.25) is 9.78 Å². The van der Waals surface area contributed by atoms with Crippen LogP contribution in [0.5, 0.6) is 0 Å². The normalized spacial score (nSPS) is 11.6. The zero-order chi connectivity index (χ0) is 21.6. The number of nitrogens with zero attached hydrogens (tertiary/aromatic N) is 2. The number of benzene rings is 1. The van der Waals surface area contributed by atoms with Gasteiger partial charge in [-0.15, -0.1) is 0 Å². The molecule has 0 aliphatic carbocycles. The average molecular weight is 413 g/mol. The largest absolute Gasteiger partial charge is 0.322 e. The van der Waals surface area contributed by atoms with Crippen LogP contribution >= 0.6 is 0 Å². The van der Waals surface area contributed by atoms with Gasteiger partial charge in [-0.1, -0.05) is 37.6 Å². The third-order valence-electron chi connectivity index (χ3n) is 5.16. The second kappa shape index (κ2) is 9.39. The number of fused-ring (bicyclic) bond motifs is 1. The van der Waals surface area contributed by atoms with Gasteiger partial charge in [-0.25, -0.2) is 4.39 Å². The van der Waals surface area contributed by atoms with Crippen LogP contribution < -0.4 is 5.32 Å². The van der Waals surface area contributed by atoms with E-state index < -0.39 is 0 Å². The molecule has 1 aromatic carbocycles. The van der Waals surface area contributed by atoms with Gasteiger partial charge in [0.2, 0.25) is 0 Å². The van der Waals surface area contributed by atoms with Crippen molar-refractivity contribution in [3.63, 3.8) is 0 Å². The maximum absolute atomic E-state index is 13.3. The Morgan fingerprint density at radius 2 is 1.87 bits per heavy atom. The van der Waals surface area contributed by atoms with Crippen molar-refractivity contribution in [2.24, 2.45) is 0 Å². The van der Waals surface area contributed by atoms with Gasteiger partial charge >= 0.3 is 0 Å². The molecule has 5 heteroatoms. The van der Waals surface area contributed by atoms with Crippen LogP contribution in [0.1, 0.15) is 36.6 Å². The Balaban J connectivity index is 1.74. The Labute approximate surface area is 181 Å². The Morgan fingerprint density at radius 3 is 2.61 bits per heavy atom. The van der Waals surface area contributed by atoms with Crippen molar-refractivity contribution < 1.29 is 9.18 Å². The van der Waals surface area contributed by atoms with Gasteiger partial charge in [0.05, 0.1) is 5.52 Å². The van der Waals surface area contributed by atoms with E-state index in [1.165, 1.54) is 12.1 Å². The Hall–Kier alpha value is -3.73. The summed E-state index contributed by atoms with van der Waals surface area (Å²) < 4.78 is 15.4. The maximum Gasteiger partial charge on any atom is 0.256 e. The number of carbonyl (C=O) groups excluding carboxylic acids is 1. The zero-order valence-corrected chi connectivity index (χ0v) is 17.4. The van der Waals surface area contributed by atoms with Crippen molar-refractivity contribution in [3.8, 4) is 0 Å². The monoisotopic (exact) mass is 413 g/mol. The molecule has 31 heavy (non-hydrogen) atoms. The summed E-state index contributed by atoms with van der Waals surface area (Å²) in [5.41, 5.74) is 5.25. The highest BCUT2D eigenvalue weighted by molar-refractivity contribution is 6.26. The van der Waals surface area contributed by atoms with Crippen molar-refractivity contribution in [1.29, 1.82) is 0 Å². The maximum atomic E-state index is 13.3. The summed E-state index contributed by atoms with van der Waals surface area (Å²) in [4.78, 5) is 17.2. The Bertz CT molecular complexity index is 1210. The van der Waals surface area contributed by atoms with Crippen LogP contribution in [0.4, 0.5) is 10.1 Å². The Kier molecular flexibility index (Phi) is 6.22. The third-order valence-corrected chi connectivity index (χ3v) is 5.16. The molecule has 3 heterocycles. The van der Waals surface area contributed by atoms with E-state index >= 15 is 0 Å². The number of hydrogen-bond acceptors (Lipinski definition) is 2. The lowest BCUT2D eigenvalue weighted by Crippen LogP contribution is -2.13. The van der Waals surface area contributed by atoms with Gasteiger partial charge in [0.1, 0.15) is 5.82 Å². The van der Waals surface area contributed by atoms with Crippen molar-refractivity contribution in [2.45, 2.75) is 26.2 Å². The first kappa shape index (κ1) is 20.5. The van der Waals surface area contributed by atoms with E-state index in [0.717, 1.165) is 35.2 Å². The lowest BCUT2D eigenvalue weighted by atomic mass is 10.0. The van der Waals surface area contributed by atoms with E-state index in [2.05, 4.69) is 27.7 Å². The van der Waals surface area contributed by atoms with Crippen LogP contribution in [-0.2, 0) is 11.2 Å². The minimum Gasteiger partial charge on any atom is -0.322 e. The van der Waals surface area contributed by atoms with Crippen LogP contribution in [0.2, 0.25) is 0 Å². The molecule has 4 rings (SSSR count). The summed E-state index contributed by atoms with van der Waals surface area (Å²) in [7, 11) is 0. The number of aromatic nitrogens is 2. The topological polar surface area (TPSA) is 46.4 Å². The van der Waals surface area contributed by atoms with Gasteiger partial charge in [-0.2, -0.15) is 0 Å². The molecule has 156 valence electrons. The van der Waals surface area contributed by atoms with Gasteiger partial charge in [0.15, 0.2) is 0 Å². The lowest BCUT2D eigenvalue weighted by molar-refractivity contribution is -0.111. The summed E-state index contributed by atoms with van der Waals surface area (Å²) in [6.45, 7) is 2.09. The van der Waals surface area contributed by atoms with Crippen LogP contribution in [0.25, 0.3) is 11.1 Å². The number of allylic oxidation sites excluding steroid dienone is 1. The SMILES string of the molecule is CCC/C=C(\C(=O)Nc1ccncc1)c1cc(Cc2ccc(F)cc2)n2ccccc12. The fourth-order valence-electron chi connectivity index (χ4n) is 3.63. The fraction of sp³-hybridized carbons (Fsp3) is 0.154. The van der Waals surface area contributed by atoms with Crippen molar-refractivity contribution in [1.82, 2.24) is 9.38 Å². The lowest BCUT2D eigenvalue weighted by Gasteiger charge is -2.09. The minimum absolute atomic E-state index is 0.149. The molecule has 1 N–H and O–H groups in total. The van der Waals surface area contributed by atoms with Crippen LogP contribution in [0.15, 0.2) is 85.3 Å². The Morgan fingerprint density at radius 1 is 1.10 bits per heavy atom. The summed E-state index contributed by atoms with van der Waals surface area (Å²) in [5, 5.41) is 2.98. The number of halogens is 1. The molecule has 0 spiro atoms. The summed E-state index contributed by atoms with van der Waals surface area (Å²) in [6, 6.07) is 18.1. The van der Waals surface area contributed by atoms with E-state index in [9.17, 15) is 9.18 Å². The van der Waals surface area contributed by atoms with Gasteiger partial charge in [0.25, 0.3) is 5.91 Å². The number of amides is 1. The molecular formula is C26H24FN3O. The van der Waals surface area contributed by atoms with Gasteiger partial charge < -0.3 is 9.72 Å².